The average molecular weight is 226 g/mol. The number of nitrogens with zero attached hydrogens (tertiary/aromatic N) is 2. The van der Waals surface area contributed by atoms with Crippen molar-refractivity contribution in [2.75, 3.05) is 0 Å². The third kappa shape index (κ3) is 1.84. The second-order valence-electron chi connectivity index (χ2n) is 4.10. The topological polar surface area (TPSA) is 31.0 Å². The minimum Gasteiger partial charge on any atom is -0.441 e. The van der Waals surface area contributed by atoms with Crippen LogP contribution in [0.4, 0.5) is 0 Å². The number of benzene rings is 1. The first-order chi connectivity index (χ1) is 8.36. The summed E-state index contributed by atoms with van der Waals surface area (Å²) in [6.07, 6.45) is 5.99. The van der Waals surface area contributed by atoms with Crippen LogP contribution in [-0.4, -0.2) is 9.55 Å². The van der Waals surface area contributed by atoms with Crippen LogP contribution in [0.5, 0.6) is 0 Å². The van der Waals surface area contributed by atoms with Gasteiger partial charge in [-0.15, -0.1) is 0 Å². The molecule has 0 aliphatic heterocycles. The van der Waals surface area contributed by atoms with Crippen LogP contribution in [0.15, 0.2) is 47.1 Å². The lowest BCUT2D eigenvalue weighted by atomic mass is 10.3. The van der Waals surface area contributed by atoms with Crippen LogP contribution in [0.25, 0.3) is 16.8 Å². The molecule has 1 aromatic carbocycles. The third-order valence-corrected chi connectivity index (χ3v) is 2.78. The van der Waals surface area contributed by atoms with Gasteiger partial charge in [0.15, 0.2) is 11.5 Å². The standard InChI is InChI=1S/C14H14N2O/c1-2-5-14-15-12-7-6-11(10-13(12)17-14)16-8-3-4-9-16/h3-4,6-10H,2,5H2,1H3. The molecule has 0 radical (unpaired) electrons. The Kier molecular flexibility index (Phi) is 2.44. The normalized spacial score (nSPS) is 11.1. The van der Waals surface area contributed by atoms with Gasteiger partial charge in [-0.25, -0.2) is 4.98 Å². The van der Waals surface area contributed by atoms with Gasteiger partial charge in [-0.1, -0.05) is 6.92 Å². The minimum atomic E-state index is 0.826. The Morgan fingerprint density at radius 1 is 1.24 bits per heavy atom. The Labute approximate surface area is 99.7 Å². The van der Waals surface area contributed by atoms with E-state index in [0.29, 0.717) is 0 Å². The Hall–Kier alpha value is -2.03. The van der Waals surface area contributed by atoms with Crippen molar-refractivity contribution in [3.8, 4) is 5.69 Å². The number of aromatic nitrogens is 2. The summed E-state index contributed by atoms with van der Waals surface area (Å²) in [5.41, 5.74) is 2.89. The molecule has 3 heteroatoms. The van der Waals surface area contributed by atoms with Crippen molar-refractivity contribution < 1.29 is 4.42 Å². The van der Waals surface area contributed by atoms with Crippen molar-refractivity contribution in [3.63, 3.8) is 0 Å². The molecule has 2 heterocycles. The fraction of sp³-hybridized carbons (Fsp3) is 0.214. The zero-order valence-electron chi connectivity index (χ0n) is 9.76. The highest BCUT2D eigenvalue weighted by Crippen LogP contribution is 2.20. The molecule has 0 amide bonds. The number of rotatable bonds is 3. The SMILES string of the molecule is CCCc1nc2ccc(-n3cccc3)cc2o1. The number of fused-ring (bicyclic) bond motifs is 1. The summed E-state index contributed by atoms with van der Waals surface area (Å²) in [6, 6.07) is 10.1. The van der Waals surface area contributed by atoms with Gasteiger partial charge in [-0.2, -0.15) is 0 Å². The van der Waals surface area contributed by atoms with Crippen molar-refractivity contribution in [1.82, 2.24) is 9.55 Å². The first kappa shape index (κ1) is 10.1. The quantitative estimate of drug-likeness (QED) is 0.683. The highest BCUT2D eigenvalue weighted by molar-refractivity contribution is 5.75. The number of hydrogen-bond donors (Lipinski definition) is 0. The van der Waals surface area contributed by atoms with E-state index >= 15 is 0 Å². The number of hydrogen-bond acceptors (Lipinski definition) is 2. The summed E-state index contributed by atoms with van der Waals surface area (Å²) in [5.74, 6) is 0.826. The van der Waals surface area contributed by atoms with Crippen molar-refractivity contribution in [2.45, 2.75) is 19.8 Å². The number of aryl methyl sites for hydroxylation is 1. The molecular formula is C14H14N2O. The van der Waals surface area contributed by atoms with E-state index in [1.165, 1.54) is 0 Å². The molecule has 3 aromatic rings. The van der Waals surface area contributed by atoms with E-state index in [9.17, 15) is 0 Å². The summed E-state index contributed by atoms with van der Waals surface area (Å²) in [7, 11) is 0. The van der Waals surface area contributed by atoms with Gasteiger partial charge in [0.1, 0.15) is 5.52 Å². The predicted molar refractivity (Wildman–Crippen MR) is 67.3 cm³/mol. The van der Waals surface area contributed by atoms with Crippen LogP contribution in [0.1, 0.15) is 19.2 Å². The summed E-state index contributed by atoms with van der Waals surface area (Å²) in [5, 5.41) is 0. The van der Waals surface area contributed by atoms with Gasteiger partial charge < -0.3 is 8.98 Å². The van der Waals surface area contributed by atoms with Gasteiger partial charge in [0.05, 0.1) is 0 Å². The fourth-order valence-electron chi connectivity index (χ4n) is 1.95. The highest BCUT2D eigenvalue weighted by atomic mass is 16.3. The molecule has 0 bridgehead atoms. The molecule has 0 atom stereocenters. The molecule has 0 unspecified atom stereocenters. The first-order valence-corrected chi connectivity index (χ1v) is 5.89. The van der Waals surface area contributed by atoms with E-state index < -0.39 is 0 Å². The molecule has 0 saturated carbocycles. The molecule has 3 nitrogen and oxygen atoms in total. The molecule has 0 aliphatic rings. The van der Waals surface area contributed by atoms with Crippen molar-refractivity contribution in [2.24, 2.45) is 0 Å². The largest absolute Gasteiger partial charge is 0.441 e. The second kappa shape index (κ2) is 4.09. The van der Waals surface area contributed by atoms with E-state index in [-0.39, 0.29) is 0 Å². The molecule has 0 spiro atoms. The van der Waals surface area contributed by atoms with Crippen LogP contribution in [0.2, 0.25) is 0 Å². The molecule has 17 heavy (non-hydrogen) atoms. The average Bonchev–Trinajstić information content (AvgIpc) is 2.96. The summed E-state index contributed by atoms with van der Waals surface area (Å²) in [6.45, 7) is 2.13. The summed E-state index contributed by atoms with van der Waals surface area (Å²) in [4.78, 5) is 4.45. The predicted octanol–water partition coefficient (Wildman–Crippen LogP) is 3.57. The number of oxazole rings is 1. The van der Waals surface area contributed by atoms with Crippen LogP contribution < -0.4 is 0 Å². The van der Waals surface area contributed by atoms with E-state index in [2.05, 4.69) is 22.5 Å². The van der Waals surface area contributed by atoms with E-state index in [4.69, 9.17) is 4.42 Å². The van der Waals surface area contributed by atoms with Gasteiger partial charge in [0.25, 0.3) is 0 Å². The Morgan fingerprint density at radius 3 is 2.82 bits per heavy atom. The van der Waals surface area contributed by atoms with E-state index in [1.807, 2.05) is 36.7 Å². The van der Waals surface area contributed by atoms with E-state index in [0.717, 1.165) is 35.5 Å². The zero-order chi connectivity index (χ0) is 11.7. The molecular weight excluding hydrogens is 212 g/mol. The van der Waals surface area contributed by atoms with Crippen molar-refractivity contribution >= 4 is 11.1 Å². The van der Waals surface area contributed by atoms with Gasteiger partial charge in [-0.05, 0) is 30.7 Å². The first-order valence-electron chi connectivity index (χ1n) is 5.89. The second-order valence-corrected chi connectivity index (χ2v) is 4.10. The zero-order valence-corrected chi connectivity index (χ0v) is 9.76. The lowest BCUT2D eigenvalue weighted by Crippen LogP contribution is -1.87. The molecule has 2 aromatic heterocycles. The third-order valence-electron chi connectivity index (χ3n) is 2.78. The van der Waals surface area contributed by atoms with Gasteiger partial charge in [0.2, 0.25) is 0 Å². The summed E-state index contributed by atoms with van der Waals surface area (Å²) >= 11 is 0. The molecule has 0 fully saturated rings. The smallest absolute Gasteiger partial charge is 0.195 e. The fourth-order valence-corrected chi connectivity index (χ4v) is 1.95. The lowest BCUT2D eigenvalue weighted by molar-refractivity contribution is 0.525. The molecule has 0 saturated heterocycles. The monoisotopic (exact) mass is 226 g/mol. The van der Waals surface area contributed by atoms with Gasteiger partial charge in [-0.3, -0.25) is 0 Å². The maximum Gasteiger partial charge on any atom is 0.195 e. The summed E-state index contributed by atoms with van der Waals surface area (Å²) < 4.78 is 7.78. The molecule has 86 valence electrons. The lowest BCUT2D eigenvalue weighted by Gasteiger charge is -2.00. The Balaban J connectivity index is 2.06. The van der Waals surface area contributed by atoms with Crippen LogP contribution in [-0.2, 0) is 6.42 Å². The van der Waals surface area contributed by atoms with Crippen LogP contribution >= 0.6 is 0 Å². The maximum absolute atomic E-state index is 5.72. The van der Waals surface area contributed by atoms with Gasteiger partial charge >= 0.3 is 0 Å². The Morgan fingerprint density at radius 2 is 2.06 bits per heavy atom. The van der Waals surface area contributed by atoms with Crippen LogP contribution in [0.3, 0.4) is 0 Å². The van der Waals surface area contributed by atoms with E-state index in [1.54, 1.807) is 0 Å². The Bertz CT molecular complexity index is 623. The maximum atomic E-state index is 5.72. The minimum absolute atomic E-state index is 0.826. The van der Waals surface area contributed by atoms with Crippen molar-refractivity contribution in [3.05, 3.63) is 48.6 Å². The van der Waals surface area contributed by atoms with Gasteiger partial charge in [0, 0.05) is 30.6 Å². The van der Waals surface area contributed by atoms with Crippen molar-refractivity contribution in [1.29, 1.82) is 0 Å². The molecule has 3 rings (SSSR count). The highest BCUT2D eigenvalue weighted by Gasteiger charge is 2.06. The molecule has 0 aliphatic carbocycles. The van der Waals surface area contributed by atoms with Crippen LogP contribution in [0, 0.1) is 0 Å². The molecule has 0 N–H and O–H groups in total.